The Bertz CT molecular complexity index is 584. The molecule has 2 aromatic carbocycles. The van der Waals surface area contributed by atoms with Gasteiger partial charge in [-0.2, -0.15) is 0 Å². The summed E-state index contributed by atoms with van der Waals surface area (Å²) in [6, 6.07) is 13.5. The van der Waals surface area contributed by atoms with Gasteiger partial charge >= 0.3 is 5.97 Å². The molecule has 2 aromatic rings. The fourth-order valence-corrected chi connectivity index (χ4v) is 1.56. The SMILES string of the molecule is Nc1ccc(C(=O)OCCOc2ccccc2)cc1O. The van der Waals surface area contributed by atoms with Crippen molar-refractivity contribution in [1.82, 2.24) is 0 Å². The number of phenolic OH excluding ortho intramolecular Hbond substituents is 1. The number of carbonyl (C=O) groups is 1. The summed E-state index contributed by atoms with van der Waals surface area (Å²) in [6.45, 7) is 0.384. The average molecular weight is 273 g/mol. The lowest BCUT2D eigenvalue weighted by Gasteiger charge is -2.08. The first-order chi connectivity index (χ1) is 9.66. The van der Waals surface area contributed by atoms with Crippen LogP contribution < -0.4 is 10.5 Å². The number of benzene rings is 2. The molecule has 0 atom stereocenters. The van der Waals surface area contributed by atoms with E-state index in [4.69, 9.17) is 15.2 Å². The minimum absolute atomic E-state index is 0.124. The molecule has 0 aliphatic rings. The number of nitrogens with two attached hydrogens (primary N) is 1. The molecule has 0 spiro atoms. The monoisotopic (exact) mass is 273 g/mol. The zero-order valence-corrected chi connectivity index (χ0v) is 10.8. The fourth-order valence-electron chi connectivity index (χ4n) is 1.56. The Labute approximate surface area is 116 Å². The molecule has 2 rings (SSSR count). The number of hydrogen-bond acceptors (Lipinski definition) is 5. The highest BCUT2D eigenvalue weighted by Crippen LogP contribution is 2.21. The normalized spacial score (nSPS) is 10.0. The maximum absolute atomic E-state index is 11.7. The Morgan fingerprint density at radius 1 is 1.10 bits per heavy atom. The first kappa shape index (κ1) is 13.7. The highest BCUT2D eigenvalue weighted by atomic mass is 16.6. The lowest BCUT2D eigenvalue weighted by Crippen LogP contribution is -2.12. The van der Waals surface area contributed by atoms with Crippen LogP contribution in [0.25, 0.3) is 0 Å². The largest absolute Gasteiger partial charge is 0.506 e. The topological polar surface area (TPSA) is 81.8 Å². The van der Waals surface area contributed by atoms with Gasteiger partial charge in [-0.25, -0.2) is 4.79 Å². The smallest absolute Gasteiger partial charge is 0.338 e. The molecular formula is C15H15NO4. The number of phenols is 1. The molecule has 5 nitrogen and oxygen atoms in total. The van der Waals surface area contributed by atoms with Crippen molar-refractivity contribution in [1.29, 1.82) is 0 Å². The number of esters is 1. The maximum Gasteiger partial charge on any atom is 0.338 e. The van der Waals surface area contributed by atoms with Gasteiger partial charge in [-0.3, -0.25) is 0 Å². The molecule has 0 saturated carbocycles. The lowest BCUT2D eigenvalue weighted by molar-refractivity contribution is 0.0450. The van der Waals surface area contributed by atoms with Crippen LogP contribution in [-0.2, 0) is 4.74 Å². The van der Waals surface area contributed by atoms with Crippen molar-refractivity contribution in [3.8, 4) is 11.5 Å². The van der Waals surface area contributed by atoms with Crippen LogP contribution in [0.5, 0.6) is 11.5 Å². The molecule has 20 heavy (non-hydrogen) atoms. The van der Waals surface area contributed by atoms with Crippen molar-refractivity contribution in [2.45, 2.75) is 0 Å². The van der Waals surface area contributed by atoms with Crippen LogP contribution in [0.15, 0.2) is 48.5 Å². The Balaban J connectivity index is 1.79. The van der Waals surface area contributed by atoms with E-state index >= 15 is 0 Å². The fraction of sp³-hybridized carbons (Fsp3) is 0.133. The maximum atomic E-state index is 11.7. The summed E-state index contributed by atoms with van der Waals surface area (Å²) >= 11 is 0. The molecule has 0 bridgehead atoms. The summed E-state index contributed by atoms with van der Waals surface area (Å²) < 4.78 is 10.4. The van der Waals surface area contributed by atoms with Gasteiger partial charge < -0.3 is 20.3 Å². The van der Waals surface area contributed by atoms with E-state index in [0.29, 0.717) is 5.75 Å². The van der Waals surface area contributed by atoms with E-state index in [2.05, 4.69) is 0 Å². The van der Waals surface area contributed by atoms with Gasteiger partial charge in [0, 0.05) is 0 Å². The summed E-state index contributed by atoms with van der Waals surface area (Å²) in [5.41, 5.74) is 5.92. The Morgan fingerprint density at radius 3 is 2.55 bits per heavy atom. The zero-order chi connectivity index (χ0) is 14.4. The number of anilines is 1. The van der Waals surface area contributed by atoms with E-state index in [1.165, 1.54) is 18.2 Å². The zero-order valence-electron chi connectivity index (χ0n) is 10.8. The molecule has 0 heterocycles. The predicted molar refractivity (Wildman–Crippen MR) is 74.7 cm³/mol. The standard InChI is InChI=1S/C15H15NO4/c16-13-7-6-11(10-14(13)17)15(18)20-9-8-19-12-4-2-1-3-5-12/h1-7,10,17H,8-9,16H2. The Hall–Kier alpha value is -2.69. The summed E-state index contributed by atoms with van der Waals surface area (Å²) in [6.07, 6.45) is 0. The third-order valence-corrected chi connectivity index (χ3v) is 2.59. The molecule has 104 valence electrons. The number of ether oxygens (including phenoxy) is 2. The van der Waals surface area contributed by atoms with Crippen LogP contribution >= 0.6 is 0 Å². The average Bonchev–Trinajstić information content (AvgIpc) is 2.47. The molecule has 0 aliphatic carbocycles. The van der Waals surface area contributed by atoms with Crippen LogP contribution in [-0.4, -0.2) is 24.3 Å². The number of nitrogen functional groups attached to an aromatic ring is 1. The summed E-state index contributed by atoms with van der Waals surface area (Å²) in [5.74, 6) is 0.0469. The third-order valence-electron chi connectivity index (χ3n) is 2.59. The predicted octanol–water partition coefficient (Wildman–Crippen LogP) is 2.21. The molecule has 0 unspecified atom stereocenters. The van der Waals surface area contributed by atoms with Crippen LogP contribution in [0.4, 0.5) is 5.69 Å². The number of aromatic hydroxyl groups is 1. The van der Waals surface area contributed by atoms with Crippen LogP contribution in [0, 0.1) is 0 Å². The van der Waals surface area contributed by atoms with Gasteiger partial charge in [-0.05, 0) is 30.3 Å². The van der Waals surface area contributed by atoms with Crippen molar-refractivity contribution in [2.24, 2.45) is 0 Å². The molecule has 0 radical (unpaired) electrons. The van der Waals surface area contributed by atoms with E-state index in [0.717, 1.165) is 0 Å². The lowest BCUT2D eigenvalue weighted by atomic mass is 10.2. The van der Waals surface area contributed by atoms with Crippen LogP contribution in [0.3, 0.4) is 0 Å². The number of para-hydroxylation sites is 1. The molecule has 0 fully saturated rings. The molecule has 0 amide bonds. The van der Waals surface area contributed by atoms with Gasteiger partial charge in [0.15, 0.2) is 0 Å². The third kappa shape index (κ3) is 3.65. The quantitative estimate of drug-likeness (QED) is 0.378. The van der Waals surface area contributed by atoms with E-state index < -0.39 is 5.97 Å². The minimum atomic E-state index is -0.531. The number of carbonyl (C=O) groups excluding carboxylic acids is 1. The van der Waals surface area contributed by atoms with Crippen LogP contribution in [0.2, 0.25) is 0 Å². The highest BCUT2D eigenvalue weighted by molar-refractivity contribution is 5.90. The van der Waals surface area contributed by atoms with Gasteiger partial charge in [-0.15, -0.1) is 0 Å². The minimum Gasteiger partial charge on any atom is -0.506 e. The van der Waals surface area contributed by atoms with Gasteiger partial charge in [0.25, 0.3) is 0 Å². The molecular weight excluding hydrogens is 258 g/mol. The van der Waals surface area contributed by atoms with E-state index in [1.807, 2.05) is 30.3 Å². The van der Waals surface area contributed by atoms with Gasteiger partial charge in [-0.1, -0.05) is 18.2 Å². The first-order valence-corrected chi connectivity index (χ1v) is 6.10. The van der Waals surface area contributed by atoms with Gasteiger partial charge in [0.2, 0.25) is 0 Å². The van der Waals surface area contributed by atoms with Gasteiger partial charge in [0.05, 0.1) is 11.3 Å². The molecule has 0 aliphatic heterocycles. The van der Waals surface area contributed by atoms with Gasteiger partial charge in [0.1, 0.15) is 24.7 Å². The van der Waals surface area contributed by atoms with Crippen molar-refractivity contribution in [2.75, 3.05) is 18.9 Å². The van der Waals surface area contributed by atoms with Crippen molar-refractivity contribution >= 4 is 11.7 Å². The highest BCUT2D eigenvalue weighted by Gasteiger charge is 2.09. The summed E-state index contributed by atoms with van der Waals surface area (Å²) in [5, 5.41) is 9.41. The second-order valence-electron chi connectivity index (χ2n) is 4.07. The summed E-state index contributed by atoms with van der Waals surface area (Å²) in [7, 11) is 0. The second-order valence-corrected chi connectivity index (χ2v) is 4.07. The molecule has 3 N–H and O–H groups in total. The second kappa shape index (κ2) is 6.47. The number of rotatable bonds is 5. The van der Waals surface area contributed by atoms with Crippen molar-refractivity contribution < 1.29 is 19.4 Å². The Kier molecular flexibility index (Phi) is 4.44. The van der Waals surface area contributed by atoms with E-state index in [9.17, 15) is 9.90 Å². The molecule has 0 aromatic heterocycles. The van der Waals surface area contributed by atoms with Crippen molar-refractivity contribution in [3.05, 3.63) is 54.1 Å². The number of hydrogen-bond donors (Lipinski definition) is 2. The van der Waals surface area contributed by atoms with Crippen LogP contribution in [0.1, 0.15) is 10.4 Å². The molecule has 0 saturated heterocycles. The first-order valence-electron chi connectivity index (χ1n) is 6.10. The Morgan fingerprint density at radius 2 is 1.85 bits per heavy atom. The summed E-state index contributed by atoms with van der Waals surface area (Å²) in [4.78, 5) is 11.7. The molecule has 5 heteroatoms. The van der Waals surface area contributed by atoms with Crippen molar-refractivity contribution in [3.63, 3.8) is 0 Å². The van der Waals surface area contributed by atoms with E-state index in [1.54, 1.807) is 0 Å². The van der Waals surface area contributed by atoms with E-state index in [-0.39, 0.29) is 30.2 Å².